The van der Waals surface area contributed by atoms with Gasteiger partial charge in [0.05, 0.1) is 23.1 Å². The number of carbonyl (C=O) groups is 2. The summed E-state index contributed by atoms with van der Waals surface area (Å²) >= 11 is 0. The van der Waals surface area contributed by atoms with Crippen LogP contribution in [0.15, 0.2) is 12.4 Å². The molecule has 2 aromatic heterocycles. The van der Waals surface area contributed by atoms with Crippen LogP contribution in [0.2, 0.25) is 0 Å². The summed E-state index contributed by atoms with van der Waals surface area (Å²) in [5.74, 6) is -1.72. The molecule has 0 unspecified atom stereocenters. The number of carboxylic acid groups (broad SMARTS) is 1. The predicted molar refractivity (Wildman–Crippen MR) is 70.8 cm³/mol. The summed E-state index contributed by atoms with van der Waals surface area (Å²) in [6.07, 6.45) is 2.93. The van der Waals surface area contributed by atoms with Gasteiger partial charge in [0, 0.05) is 19.8 Å². The number of aryl methyl sites for hydroxylation is 3. The van der Waals surface area contributed by atoms with E-state index < -0.39 is 11.9 Å². The molecule has 0 saturated heterocycles. The number of hydrogen-bond acceptors (Lipinski definition) is 4. The Bertz CT molecular complexity index is 671. The Kier molecular flexibility index (Phi) is 3.55. The number of nitrogens with zero attached hydrogens (tertiary/aromatic N) is 4. The van der Waals surface area contributed by atoms with Gasteiger partial charge in [-0.2, -0.15) is 10.2 Å². The summed E-state index contributed by atoms with van der Waals surface area (Å²) in [7, 11) is 1.47. The lowest BCUT2D eigenvalue weighted by molar-refractivity contribution is 0.0680. The average molecular weight is 277 g/mol. The second-order valence-electron chi connectivity index (χ2n) is 4.27. The second kappa shape index (κ2) is 5.16. The standard InChI is InChI=1S/C12H15N5O3/c1-4-17-6-9(7(2)15-17)14-11(18)8-5-13-16(3)10(8)12(19)20/h5-6H,4H2,1-3H3,(H,14,18)(H,19,20). The van der Waals surface area contributed by atoms with Crippen molar-refractivity contribution in [2.45, 2.75) is 20.4 Å². The normalized spacial score (nSPS) is 10.6. The van der Waals surface area contributed by atoms with Crippen LogP contribution < -0.4 is 5.32 Å². The molecule has 0 aromatic carbocycles. The summed E-state index contributed by atoms with van der Waals surface area (Å²) in [5, 5.41) is 19.7. The SMILES string of the molecule is CCn1cc(NC(=O)c2cnn(C)c2C(=O)O)c(C)n1. The molecule has 0 atom stereocenters. The molecule has 0 bridgehead atoms. The van der Waals surface area contributed by atoms with Gasteiger partial charge in [0.15, 0.2) is 5.69 Å². The Morgan fingerprint density at radius 1 is 1.45 bits per heavy atom. The first-order chi connectivity index (χ1) is 9.43. The van der Waals surface area contributed by atoms with Gasteiger partial charge in [-0.1, -0.05) is 0 Å². The van der Waals surface area contributed by atoms with Crippen molar-refractivity contribution in [2.75, 3.05) is 5.32 Å². The van der Waals surface area contributed by atoms with Crippen molar-refractivity contribution in [1.29, 1.82) is 0 Å². The molecular formula is C12H15N5O3. The summed E-state index contributed by atoms with van der Waals surface area (Å²) in [6, 6.07) is 0. The number of aromatic nitrogens is 4. The molecule has 0 aliphatic carbocycles. The average Bonchev–Trinajstić information content (AvgIpc) is 2.93. The van der Waals surface area contributed by atoms with Crippen molar-refractivity contribution >= 4 is 17.6 Å². The maximum atomic E-state index is 12.1. The molecule has 0 fully saturated rings. The first-order valence-corrected chi connectivity index (χ1v) is 6.04. The lowest BCUT2D eigenvalue weighted by Crippen LogP contribution is -2.17. The van der Waals surface area contributed by atoms with Gasteiger partial charge in [-0.25, -0.2) is 4.79 Å². The summed E-state index contributed by atoms with van der Waals surface area (Å²) < 4.78 is 2.84. The Hall–Kier alpha value is -2.64. The molecule has 2 aromatic rings. The van der Waals surface area contributed by atoms with Crippen LogP contribution in [0.3, 0.4) is 0 Å². The zero-order chi connectivity index (χ0) is 14.9. The Balaban J connectivity index is 2.28. The van der Waals surface area contributed by atoms with Gasteiger partial charge in [0.25, 0.3) is 5.91 Å². The van der Waals surface area contributed by atoms with Crippen LogP contribution in [0.1, 0.15) is 33.5 Å². The van der Waals surface area contributed by atoms with Crippen LogP contribution >= 0.6 is 0 Å². The number of hydrogen-bond donors (Lipinski definition) is 2. The summed E-state index contributed by atoms with van der Waals surface area (Å²) in [5.41, 5.74) is 1.09. The van der Waals surface area contributed by atoms with Crippen LogP contribution in [0.5, 0.6) is 0 Å². The van der Waals surface area contributed by atoms with E-state index >= 15 is 0 Å². The quantitative estimate of drug-likeness (QED) is 0.864. The minimum absolute atomic E-state index is 0.0173. The Morgan fingerprint density at radius 3 is 2.70 bits per heavy atom. The Morgan fingerprint density at radius 2 is 2.15 bits per heavy atom. The van der Waals surface area contributed by atoms with E-state index in [-0.39, 0.29) is 11.3 Å². The maximum absolute atomic E-state index is 12.1. The van der Waals surface area contributed by atoms with Crippen LogP contribution in [-0.2, 0) is 13.6 Å². The number of rotatable bonds is 4. The number of nitrogens with one attached hydrogen (secondary N) is 1. The zero-order valence-electron chi connectivity index (χ0n) is 11.4. The van der Waals surface area contributed by atoms with Gasteiger partial charge in [0.1, 0.15) is 0 Å². The van der Waals surface area contributed by atoms with Crippen LogP contribution in [-0.4, -0.2) is 36.5 Å². The van der Waals surface area contributed by atoms with Gasteiger partial charge in [-0.3, -0.25) is 14.2 Å². The molecule has 1 amide bonds. The van der Waals surface area contributed by atoms with E-state index in [1.54, 1.807) is 17.8 Å². The molecular weight excluding hydrogens is 262 g/mol. The highest BCUT2D eigenvalue weighted by atomic mass is 16.4. The van der Waals surface area contributed by atoms with Crippen LogP contribution in [0, 0.1) is 6.92 Å². The zero-order valence-corrected chi connectivity index (χ0v) is 11.4. The fourth-order valence-corrected chi connectivity index (χ4v) is 1.85. The smallest absolute Gasteiger partial charge is 0.354 e. The molecule has 8 nitrogen and oxygen atoms in total. The van der Waals surface area contributed by atoms with Crippen molar-refractivity contribution in [3.8, 4) is 0 Å². The molecule has 0 saturated carbocycles. The summed E-state index contributed by atoms with van der Waals surface area (Å²) in [6.45, 7) is 4.38. The van der Waals surface area contributed by atoms with E-state index in [9.17, 15) is 9.59 Å². The molecule has 2 heterocycles. The van der Waals surface area contributed by atoms with Crippen molar-refractivity contribution in [2.24, 2.45) is 7.05 Å². The minimum Gasteiger partial charge on any atom is -0.477 e. The highest BCUT2D eigenvalue weighted by molar-refractivity contribution is 6.10. The van der Waals surface area contributed by atoms with Gasteiger partial charge < -0.3 is 10.4 Å². The number of carboxylic acids is 1. The van der Waals surface area contributed by atoms with Gasteiger partial charge in [-0.05, 0) is 13.8 Å². The lowest BCUT2D eigenvalue weighted by Gasteiger charge is -2.03. The second-order valence-corrected chi connectivity index (χ2v) is 4.27. The van der Waals surface area contributed by atoms with Gasteiger partial charge >= 0.3 is 5.97 Å². The minimum atomic E-state index is -1.20. The molecule has 8 heteroatoms. The number of anilines is 1. The molecule has 0 aliphatic rings. The lowest BCUT2D eigenvalue weighted by atomic mass is 10.2. The molecule has 2 N–H and O–H groups in total. The topological polar surface area (TPSA) is 102 Å². The fourth-order valence-electron chi connectivity index (χ4n) is 1.85. The monoisotopic (exact) mass is 277 g/mol. The molecule has 0 spiro atoms. The van der Waals surface area contributed by atoms with Gasteiger partial charge in [0.2, 0.25) is 0 Å². The largest absolute Gasteiger partial charge is 0.477 e. The van der Waals surface area contributed by atoms with Gasteiger partial charge in [-0.15, -0.1) is 0 Å². The number of amides is 1. The molecule has 106 valence electrons. The first kappa shape index (κ1) is 13.8. The third kappa shape index (κ3) is 2.40. The van der Waals surface area contributed by atoms with E-state index in [0.717, 1.165) is 4.68 Å². The van der Waals surface area contributed by atoms with E-state index in [1.165, 1.54) is 13.2 Å². The third-order valence-corrected chi connectivity index (χ3v) is 2.90. The van der Waals surface area contributed by atoms with Crippen molar-refractivity contribution in [1.82, 2.24) is 19.6 Å². The fraction of sp³-hybridized carbons (Fsp3) is 0.333. The van der Waals surface area contributed by atoms with E-state index in [0.29, 0.717) is 17.9 Å². The van der Waals surface area contributed by atoms with Crippen LogP contribution in [0.25, 0.3) is 0 Å². The number of aromatic carboxylic acids is 1. The summed E-state index contributed by atoms with van der Waals surface area (Å²) in [4.78, 5) is 23.3. The third-order valence-electron chi connectivity index (χ3n) is 2.90. The highest BCUT2D eigenvalue weighted by Gasteiger charge is 2.22. The predicted octanol–water partition coefficient (Wildman–Crippen LogP) is 0.895. The van der Waals surface area contributed by atoms with Crippen molar-refractivity contribution < 1.29 is 14.7 Å². The highest BCUT2D eigenvalue weighted by Crippen LogP contribution is 2.15. The Labute approximate surface area is 115 Å². The van der Waals surface area contributed by atoms with E-state index in [1.807, 2.05) is 6.92 Å². The van der Waals surface area contributed by atoms with Crippen LogP contribution in [0.4, 0.5) is 5.69 Å². The molecule has 0 aliphatic heterocycles. The van der Waals surface area contributed by atoms with Crippen molar-refractivity contribution in [3.63, 3.8) is 0 Å². The number of carbonyl (C=O) groups excluding carboxylic acids is 1. The van der Waals surface area contributed by atoms with E-state index in [4.69, 9.17) is 5.11 Å². The van der Waals surface area contributed by atoms with Crippen molar-refractivity contribution in [3.05, 3.63) is 29.3 Å². The first-order valence-electron chi connectivity index (χ1n) is 6.04. The molecule has 20 heavy (non-hydrogen) atoms. The molecule has 0 radical (unpaired) electrons. The maximum Gasteiger partial charge on any atom is 0.354 e. The van der Waals surface area contributed by atoms with E-state index in [2.05, 4.69) is 15.5 Å². The molecule has 2 rings (SSSR count).